The zero-order valence-electron chi connectivity index (χ0n) is 51.0. The highest BCUT2D eigenvalue weighted by Crippen LogP contribution is 2.58. The van der Waals surface area contributed by atoms with Crippen molar-refractivity contribution in [3.05, 3.63) is 386 Å². The standard InChI is InChI=1S/C91H60N2/c1-3-20-61(21-4-1)68-24-17-27-73(56-68)77-30-7-12-35-84(77)91(85-36-13-8-31-78(85)79-32-9-14-37-86(79)91)74-28-18-25-69(57-74)67-46-44-64(45-47-67)63-40-42-65(43-41-63)66-48-52-75(53-49-66)92-87-38-15-10-33-80(87)82-59-71(50-54-89(82)92)72-51-55-90-83(60-72)81-34-11-16-39-88(81)93(90)76-29-19-26-70(58-76)62-22-5-2-6-23-62/h1-60H. The molecule has 2 heteroatoms. The van der Waals surface area contributed by atoms with E-state index in [0.717, 1.165) is 11.4 Å². The summed E-state index contributed by atoms with van der Waals surface area (Å²) in [5.41, 5.74) is 30.9. The summed E-state index contributed by atoms with van der Waals surface area (Å²) < 4.78 is 4.83. The monoisotopic (exact) mass is 1180 g/mol. The van der Waals surface area contributed by atoms with Gasteiger partial charge in [-0.2, -0.15) is 0 Å². The van der Waals surface area contributed by atoms with Gasteiger partial charge in [0.15, 0.2) is 0 Å². The molecule has 0 saturated carbocycles. The molecule has 0 bridgehead atoms. The SMILES string of the molecule is c1ccc(-c2cccc(-c3ccccc3C3(c4cccc(-c5ccc(-c6ccc(-c7ccc(-n8c9ccccc9c9cc(-c%10ccc%11c(c%10)c%10ccccc%10n%11-c%10cccc(-c%11ccccc%11)c%10)ccc98)cc7)cc6)cc5)c4)c4ccccc4-c4ccccc43)c2)cc1. The molecule has 0 aliphatic heterocycles. The quantitative estimate of drug-likeness (QED) is 0.122. The maximum Gasteiger partial charge on any atom is 0.0719 e. The predicted octanol–water partition coefficient (Wildman–Crippen LogP) is 23.9. The lowest BCUT2D eigenvalue weighted by Gasteiger charge is -2.36. The minimum Gasteiger partial charge on any atom is -0.309 e. The molecule has 1 aliphatic carbocycles. The van der Waals surface area contributed by atoms with E-state index in [2.05, 4.69) is 373 Å². The Bertz CT molecular complexity index is 5670. The van der Waals surface area contributed by atoms with E-state index in [4.69, 9.17) is 0 Å². The Labute approximate surface area is 541 Å². The first-order chi connectivity index (χ1) is 46.1. The second kappa shape index (κ2) is 22.1. The third-order valence-corrected chi connectivity index (χ3v) is 19.6. The topological polar surface area (TPSA) is 9.86 Å². The molecule has 0 unspecified atom stereocenters. The van der Waals surface area contributed by atoms with Crippen LogP contribution in [0.5, 0.6) is 0 Å². The minimum absolute atomic E-state index is 0.581. The van der Waals surface area contributed by atoms with Gasteiger partial charge < -0.3 is 9.13 Å². The van der Waals surface area contributed by atoms with Gasteiger partial charge in [0, 0.05) is 32.9 Å². The smallest absolute Gasteiger partial charge is 0.0719 e. The largest absolute Gasteiger partial charge is 0.309 e. The Balaban J connectivity index is 0.633. The molecule has 2 nitrogen and oxygen atoms in total. The lowest BCUT2D eigenvalue weighted by Crippen LogP contribution is -2.29. The molecule has 17 aromatic rings. The van der Waals surface area contributed by atoms with Crippen LogP contribution in [-0.2, 0) is 5.41 Å². The van der Waals surface area contributed by atoms with Crippen LogP contribution >= 0.6 is 0 Å². The maximum atomic E-state index is 2.44. The molecule has 0 saturated heterocycles. The Morgan fingerprint density at radius 2 is 0.505 bits per heavy atom. The Hall–Kier alpha value is -12.1. The van der Waals surface area contributed by atoms with Crippen LogP contribution in [0.25, 0.3) is 144 Å². The van der Waals surface area contributed by atoms with Crippen LogP contribution in [0.15, 0.2) is 364 Å². The number of para-hydroxylation sites is 2. The maximum absolute atomic E-state index is 2.44. The first-order valence-corrected chi connectivity index (χ1v) is 32.2. The van der Waals surface area contributed by atoms with E-state index >= 15 is 0 Å². The minimum atomic E-state index is -0.581. The van der Waals surface area contributed by atoms with E-state index < -0.39 is 5.41 Å². The number of fused-ring (bicyclic) bond motifs is 9. The Morgan fingerprint density at radius 1 is 0.172 bits per heavy atom. The van der Waals surface area contributed by atoms with E-state index in [1.807, 2.05) is 0 Å². The summed E-state index contributed by atoms with van der Waals surface area (Å²) in [4.78, 5) is 0. The van der Waals surface area contributed by atoms with Crippen LogP contribution in [0.4, 0.5) is 0 Å². The fourth-order valence-electron chi connectivity index (χ4n) is 15.3. The van der Waals surface area contributed by atoms with Crippen molar-refractivity contribution in [1.82, 2.24) is 9.13 Å². The third kappa shape index (κ3) is 8.94. The molecule has 0 atom stereocenters. The van der Waals surface area contributed by atoms with Gasteiger partial charge >= 0.3 is 0 Å². The van der Waals surface area contributed by atoms with Crippen LogP contribution < -0.4 is 0 Å². The molecule has 0 spiro atoms. The fourth-order valence-corrected chi connectivity index (χ4v) is 15.3. The second-order valence-corrected chi connectivity index (χ2v) is 24.7. The average Bonchev–Trinajstić information content (AvgIpc) is 1.57. The van der Waals surface area contributed by atoms with Gasteiger partial charge in [0.1, 0.15) is 0 Å². The molecule has 0 radical (unpaired) electrons. The van der Waals surface area contributed by atoms with Gasteiger partial charge in [-0.15, -0.1) is 0 Å². The van der Waals surface area contributed by atoms with Crippen LogP contribution in [0.3, 0.4) is 0 Å². The van der Waals surface area contributed by atoms with Gasteiger partial charge in [0.2, 0.25) is 0 Å². The van der Waals surface area contributed by atoms with Crippen molar-refractivity contribution in [3.63, 3.8) is 0 Å². The van der Waals surface area contributed by atoms with Crippen LogP contribution in [0, 0.1) is 0 Å². The molecule has 93 heavy (non-hydrogen) atoms. The van der Waals surface area contributed by atoms with Gasteiger partial charge in [-0.05, 0) is 184 Å². The molecule has 2 aromatic heterocycles. The van der Waals surface area contributed by atoms with Crippen molar-refractivity contribution in [2.45, 2.75) is 5.41 Å². The first-order valence-electron chi connectivity index (χ1n) is 32.2. The number of hydrogen-bond acceptors (Lipinski definition) is 0. The van der Waals surface area contributed by atoms with Gasteiger partial charge in [-0.1, -0.05) is 291 Å². The summed E-state index contributed by atoms with van der Waals surface area (Å²) in [6, 6.07) is 135. The van der Waals surface area contributed by atoms with E-state index in [0.29, 0.717) is 0 Å². The number of nitrogens with zero attached hydrogens (tertiary/aromatic N) is 2. The highest BCUT2D eigenvalue weighted by Gasteiger charge is 2.47. The molecule has 18 rings (SSSR count). The molecule has 0 N–H and O–H groups in total. The van der Waals surface area contributed by atoms with Crippen molar-refractivity contribution in [2.24, 2.45) is 0 Å². The van der Waals surface area contributed by atoms with Crippen molar-refractivity contribution >= 4 is 43.6 Å². The van der Waals surface area contributed by atoms with Gasteiger partial charge in [0.25, 0.3) is 0 Å². The molecular formula is C91H60N2. The average molecular weight is 1180 g/mol. The Morgan fingerprint density at radius 3 is 1.04 bits per heavy atom. The summed E-state index contributed by atoms with van der Waals surface area (Å²) >= 11 is 0. The predicted molar refractivity (Wildman–Crippen MR) is 390 cm³/mol. The molecule has 0 amide bonds. The van der Waals surface area contributed by atoms with E-state index in [9.17, 15) is 0 Å². The number of benzene rings is 15. The van der Waals surface area contributed by atoms with Crippen molar-refractivity contribution in [2.75, 3.05) is 0 Å². The van der Waals surface area contributed by atoms with E-state index in [-0.39, 0.29) is 0 Å². The van der Waals surface area contributed by atoms with Crippen molar-refractivity contribution < 1.29 is 0 Å². The summed E-state index contributed by atoms with van der Waals surface area (Å²) in [6.45, 7) is 0. The van der Waals surface area contributed by atoms with Crippen molar-refractivity contribution in [1.29, 1.82) is 0 Å². The lowest BCUT2D eigenvalue weighted by molar-refractivity contribution is 0.771. The van der Waals surface area contributed by atoms with Crippen LogP contribution in [-0.4, -0.2) is 9.13 Å². The highest BCUT2D eigenvalue weighted by atomic mass is 15.0. The summed E-state index contributed by atoms with van der Waals surface area (Å²) in [7, 11) is 0. The molecule has 434 valence electrons. The normalized spacial score (nSPS) is 12.4. The van der Waals surface area contributed by atoms with Gasteiger partial charge in [0.05, 0.1) is 27.5 Å². The highest BCUT2D eigenvalue weighted by molar-refractivity contribution is 6.13. The fraction of sp³-hybridized carbons (Fsp3) is 0.0110. The van der Waals surface area contributed by atoms with Crippen molar-refractivity contribution in [3.8, 4) is 100 Å². The number of aromatic nitrogens is 2. The van der Waals surface area contributed by atoms with Gasteiger partial charge in [-0.25, -0.2) is 0 Å². The molecule has 2 heterocycles. The first kappa shape index (κ1) is 53.9. The Kier molecular flexibility index (Phi) is 12.8. The molecule has 15 aromatic carbocycles. The van der Waals surface area contributed by atoms with Gasteiger partial charge in [-0.3, -0.25) is 0 Å². The van der Waals surface area contributed by atoms with E-state index in [1.165, 1.54) is 155 Å². The second-order valence-electron chi connectivity index (χ2n) is 24.7. The number of hydrogen-bond donors (Lipinski definition) is 0. The molecular weight excluding hydrogens is 1120 g/mol. The number of rotatable bonds is 11. The molecule has 0 fully saturated rings. The lowest BCUT2D eigenvalue weighted by atomic mass is 9.65. The zero-order chi connectivity index (χ0) is 61.4. The summed E-state index contributed by atoms with van der Waals surface area (Å²) in [5.74, 6) is 0. The van der Waals surface area contributed by atoms with E-state index in [1.54, 1.807) is 0 Å². The van der Waals surface area contributed by atoms with Crippen LogP contribution in [0.1, 0.15) is 22.3 Å². The third-order valence-electron chi connectivity index (χ3n) is 19.6. The molecule has 1 aliphatic rings. The van der Waals surface area contributed by atoms with Crippen LogP contribution in [0.2, 0.25) is 0 Å². The summed E-state index contributed by atoms with van der Waals surface area (Å²) in [5, 5.41) is 4.95. The zero-order valence-corrected chi connectivity index (χ0v) is 51.0. The summed E-state index contributed by atoms with van der Waals surface area (Å²) in [6.07, 6.45) is 0.